The van der Waals surface area contributed by atoms with Gasteiger partial charge in [0.1, 0.15) is 5.75 Å². The maximum absolute atomic E-state index is 5.30. The van der Waals surface area contributed by atoms with E-state index in [1.165, 1.54) is 0 Å². The predicted molar refractivity (Wildman–Crippen MR) is 71.4 cm³/mol. The van der Waals surface area contributed by atoms with Gasteiger partial charge in [0.15, 0.2) is 5.82 Å². The van der Waals surface area contributed by atoms with Gasteiger partial charge in [-0.05, 0) is 24.7 Å². The monoisotopic (exact) mass is 311 g/mol. The number of halogens is 1. The Balaban J connectivity index is 2.28. The zero-order valence-electron chi connectivity index (χ0n) is 10.2. The first kappa shape index (κ1) is 13.0. The summed E-state index contributed by atoms with van der Waals surface area (Å²) >= 11 is 3.39. The second-order valence-corrected chi connectivity index (χ2v) is 4.56. The summed E-state index contributed by atoms with van der Waals surface area (Å²) in [6, 6.07) is 5.66. The first-order valence-electron chi connectivity index (χ1n) is 5.61. The van der Waals surface area contributed by atoms with E-state index in [1.54, 1.807) is 7.11 Å². The molecule has 0 saturated heterocycles. The minimum absolute atomic E-state index is 0.465. The molecule has 2 rings (SSSR count). The Morgan fingerprint density at radius 1 is 1.44 bits per heavy atom. The van der Waals surface area contributed by atoms with Crippen molar-refractivity contribution in [2.75, 3.05) is 13.7 Å². The zero-order chi connectivity index (χ0) is 13.0. The van der Waals surface area contributed by atoms with E-state index >= 15 is 0 Å². The molecular formula is C12H14BrN3O2. The van der Waals surface area contributed by atoms with Gasteiger partial charge in [0.05, 0.1) is 19.2 Å². The minimum atomic E-state index is 0.465. The summed E-state index contributed by atoms with van der Waals surface area (Å²) in [4.78, 5) is 4.32. The molecular weight excluding hydrogens is 298 g/mol. The van der Waals surface area contributed by atoms with Crippen LogP contribution < -0.4 is 10.1 Å². The van der Waals surface area contributed by atoms with Crippen molar-refractivity contribution in [3.63, 3.8) is 0 Å². The third-order valence-electron chi connectivity index (χ3n) is 2.40. The molecule has 1 aromatic carbocycles. The summed E-state index contributed by atoms with van der Waals surface area (Å²) < 4.78 is 11.5. The first-order valence-corrected chi connectivity index (χ1v) is 6.41. The second-order valence-electron chi connectivity index (χ2n) is 3.64. The summed E-state index contributed by atoms with van der Waals surface area (Å²) in [6.45, 7) is 3.49. The molecule has 0 spiro atoms. The van der Waals surface area contributed by atoms with E-state index in [-0.39, 0.29) is 0 Å². The third-order valence-corrected chi connectivity index (χ3v) is 2.89. The highest BCUT2D eigenvalue weighted by atomic mass is 79.9. The van der Waals surface area contributed by atoms with E-state index in [4.69, 9.17) is 9.26 Å². The Morgan fingerprint density at radius 2 is 2.28 bits per heavy atom. The molecule has 1 heterocycles. The molecule has 0 fully saturated rings. The summed E-state index contributed by atoms with van der Waals surface area (Å²) in [5.41, 5.74) is 0.788. The number of aromatic nitrogens is 2. The van der Waals surface area contributed by atoms with Gasteiger partial charge in [-0.1, -0.05) is 28.0 Å². The molecule has 1 aromatic heterocycles. The van der Waals surface area contributed by atoms with E-state index in [2.05, 4.69) is 31.4 Å². The van der Waals surface area contributed by atoms with Gasteiger partial charge in [-0.3, -0.25) is 0 Å². The predicted octanol–water partition coefficient (Wildman–Crippen LogP) is 2.62. The van der Waals surface area contributed by atoms with Gasteiger partial charge in [-0.15, -0.1) is 0 Å². The van der Waals surface area contributed by atoms with Crippen molar-refractivity contribution in [3.05, 3.63) is 28.5 Å². The molecule has 0 bridgehead atoms. The summed E-state index contributed by atoms with van der Waals surface area (Å²) in [5, 5.41) is 7.06. The second kappa shape index (κ2) is 5.97. The SMILES string of the molecule is CCNCc1noc(-c2ccc(Br)cc2OC)n1. The molecule has 1 N–H and O–H groups in total. The van der Waals surface area contributed by atoms with Crippen LogP contribution in [0.5, 0.6) is 5.75 Å². The largest absolute Gasteiger partial charge is 0.496 e. The van der Waals surface area contributed by atoms with Crippen molar-refractivity contribution >= 4 is 15.9 Å². The lowest BCUT2D eigenvalue weighted by molar-refractivity contribution is 0.401. The molecule has 0 unspecified atom stereocenters. The molecule has 0 radical (unpaired) electrons. The van der Waals surface area contributed by atoms with Crippen molar-refractivity contribution in [2.45, 2.75) is 13.5 Å². The van der Waals surface area contributed by atoms with Crippen LogP contribution in [0, 0.1) is 0 Å². The van der Waals surface area contributed by atoms with Crippen LogP contribution in [0.1, 0.15) is 12.7 Å². The van der Waals surface area contributed by atoms with Crippen LogP contribution in [0.4, 0.5) is 0 Å². The number of nitrogens with zero attached hydrogens (tertiary/aromatic N) is 2. The molecule has 0 atom stereocenters. The van der Waals surface area contributed by atoms with E-state index in [0.717, 1.165) is 16.6 Å². The van der Waals surface area contributed by atoms with Crippen molar-refractivity contribution < 1.29 is 9.26 Å². The highest BCUT2D eigenvalue weighted by Crippen LogP contribution is 2.31. The molecule has 18 heavy (non-hydrogen) atoms. The van der Waals surface area contributed by atoms with Crippen LogP contribution in [0.15, 0.2) is 27.2 Å². The fourth-order valence-corrected chi connectivity index (χ4v) is 1.85. The Labute approximate surface area is 114 Å². The van der Waals surface area contributed by atoms with Gasteiger partial charge < -0.3 is 14.6 Å². The molecule has 0 amide bonds. The molecule has 0 aliphatic carbocycles. The number of methoxy groups -OCH3 is 1. The fourth-order valence-electron chi connectivity index (χ4n) is 1.51. The van der Waals surface area contributed by atoms with Crippen LogP contribution in [0.25, 0.3) is 11.5 Å². The molecule has 5 nitrogen and oxygen atoms in total. The van der Waals surface area contributed by atoms with Crippen molar-refractivity contribution in [1.29, 1.82) is 0 Å². The van der Waals surface area contributed by atoms with Gasteiger partial charge in [0.2, 0.25) is 0 Å². The number of rotatable bonds is 5. The maximum Gasteiger partial charge on any atom is 0.261 e. The van der Waals surface area contributed by atoms with Crippen molar-refractivity contribution in [1.82, 2.24) is 15.5 Å². The highest BCUT2D eigenvalue weighted by Gasteiger charge is 2.13. The van der Waals surface area contributed by atoms with Gasteiger partial charge >= 0.3 is 0 Å². The molecule has 96 valence electrons. The van der Waals surface area contributed by atoms with E-state index in [9.17, 15) is 0 Å². The van der Waals surface area contributed by atoms with Gasteiger partial charge in [-0.25, -0.2) is 0 Å². The number of nitrogens with one attached hydrogen (secondary N) is 1. The first-order chi connectivity index (χ1) is 8.74. The van der Waals surface area contributed by atoms with E-state index < -0.39 is 0 Å². The Morgan fingerprint density at radius 3 is 3.00 bits per heavy atom. The quantitative estimate of drug-likeness (QED) is 0.919. The molecule has 0 aliphatic heterocycles. The van der Waals surface area contributed by atoms with Crippen LogP contribution in [0.3, 0.4) is 0 Å². The number of hydrogen-bond acceptors (Lipinski definition) is 5. The van der Waals surface area contributed by atoms with E-state index in [1.807, 2.05) is 25.1 Å². The summed E-state index contributed by atoms with van der Waals surface area (Å²) in [5.74, 6) is 1.80. The fraction of sp³-hybridized carbons (Fsp3) is 0.333. The Kier molecular flexibility index (Phi) is 4.33. The van der Waals surface area contributed by atoms with Gasteiger partial charge in [0, 0.05) is 4.47 Å². The average Bonchev–Trinajstić information content (AvgIpc) is 2.84. The lowest BCUT2D eigenvalue weighted by atomic mass is 10.2. The lowest BCUT2D eigenvalue weighted by Gasteiger charge is -2.04. The zero-order valence-corrected chi connectivity index (χ0v) is 11.8. The Hall–Kier alpha value is -1.40. The number of ether oxygens (including phenoxy) is 1. The maximum atomic E-state index is 5.30. The topological polar surface area (TPSA) is 60.2 Å². The van der Waals surface area contributed by atoms with E-state index in [0.29, 0.717) is 24.0 Å². The highest BCUT2D eigenvalue weighted by molar-refractivity contribution is 9.10. The summed E-state index contributed by atoms with van der Waals surface area (Å²) in [7, 11) is 1.61. The van der Waals surface area contributed by atoms with Crippen molar-refractivity contribution in [3.8, 4) is 17.2 Å². The normalized spacial score (nSPS) is 10.6. The van der Waals surface area contributed by atoms with Crippen LogP contribution in [-0.4, -0.2) is 23.8 Å². The Bertz CT molecular complexity index is 528. The van der Waals surface area contributed by atoms with Crippen LogP contribution >= 0.6 is 15.9 Å². The van der Waals surface area contributed by atoms with Gasteiger partial charge in [0.25, 0.3) is 5.89 Å². The van der Waals surface area contributed by atoms with Crippen molar-refractivity contribution in [2.24, 2.45) is 0 Å². The van der Waals surface area contributed by atoms with Gasteiger partial charge in [-0.2, -0.15) is 4.98 Å². The smallest absolute Gasteiger partial charge is 0.261 e. The van der Waals surface area contributed by atoms with Crippen LogP contribution in [0.2, 0.25) is 0 Å². The summed E-state index contributed by atoms with van der Waals surface area (Å²) in [6.07, 6.45) is 0. The molecule has 6 heteroatoms. The lowest BCUT2D eigenvalue weighted by Crippen LogP contribution is -2.12. The minimum Gasteiger partial charge on any atom is -0.496 e. The standard InChI is InChI=1S/C12H14BrN3O2/c1-3-14-7-11-15-12(18-16-11)9-5-4-8(13)6-10(9)17-2/h4-6,14H,3,7H2,1-2H3. The average molecular weight is 312 g/mol. The number of benzene rings is 1. The molecule has 0 saturated carbocycles. The van der Waals surface area contributed by atoms with Crippen LogP contribution in [-0.2, 0) is 6.54 Å². The third kappa shape index (κ3) is 2.88. The molecule has 2 aromatic rings. The number of hydrogen-bond donors (Lipinski definition) is 1. The molecule has 0 aliphatic rings.